The number of methoxy groups -OCH3 is 1. The van der Waals surface area contributed by atoms with Crippen LogP contribution in [0, 0.1) is 0 Å². The lowest BCUT2D eigenvalue weighted by Gasteiger charge is -2.39. The Balaban J connectivity index is 0.000000119. The maximum absolute atomic E-state index is 13.4. The van der Waals surface area contributed by atoms with Crippen LogP contribution in [0.3, 0.4) is 0 Å². The van der Waals surface area contributed by atoms with Crippen LogP contribution < -0.4 is 36.0 Å². The number of esters is 1. The number of anilines is 3. The Labute approximate surface area is 840 Å². The highest BCUT2D eigenvalue weighted by Crippen LogP contribution is 2.50. The number of aliphatic imine (C=N–C) groups is 1. The number of likely N-dealkylation sites (N-methyl/N-ethyl adjacent to an activating group) is 1. The van der Waals surface area contributed by atoms with Gasteiger partial charge in [-0.3, -0.25) is 43.7 Å². The second kappa shape index (κ2) is 45.0. The van der Waals surface area contributed by atoms with Gasteiger partial charge in [0.15, 0.2) is 5.17 Å². The number of rotatable bonds is 15. The standard InChI is InChI=1S/C22H22Cl2N2O4S.C21H24ClN3O3S.C20H22N4O2S.C19H21ClN2O3S.C19H15ClN2OS/c1-3-6-26-19(22(28)29-2)18(13-4-5-15(23)16(24)11-13)14-12-17(31-20(14)21(26)27)25-7-9-30-10-8-25;1-12(2)23-20(26)18-17(13-3-5-14(22)6-4-13)15-11-16(25-7-9-28-10-8-25)29-19(15)21(27)24-18;25-19-18-17(23-20(27-18)24-7-9-26-10-8-24)16(4-6-22-19)14-2-1-13-3-5-21-12-15(13)11-14;20-13-3-1-12(2-4-13)15-5-6-21-19(24)18-16(15)9-17(26-18)22-7-8-25-14(10-22)11-23;1-22-11-16(12-2-4-14(20)5-3-12)15-10-17(24-18(15)19(22)23)13-6-8-21-9-7-13/h3-5,11-12,18-19H,1,6-10H2,2H3;3-6,11-12,17-18H,7-10H2,1-2H3,(H,23,26)(H,24,27);1-3,5,11-12,16-18H,4,6-10H2,(H,22,25);1-4,9,14-15,23H,5-8,10-11H2,(H,21,24);2-10,16H,11H2,1H3/t18-,19-;17-,18-;;14-,15?;/m11.0./s1. The average Bonchev–Trinajstić information content (AvgIpc) is 1.60. The second-order valence-corrected chi connectivity index (χ2v) is 42.1. The number of amides is 6. The number of fused-ring (bicyclic) bond motifs is 6. The molecule has 5 unspecified atom stereocenters. The van der Waals surface area contributed by atoms with E-state index in [4.69, 9.17) is 86.7 Å². The number of ether oxygens (including phenoxy) is 5. The van der Waals surface area contributed by atoms with Gasteiger partial charge in [-0.25, -0.2) is 4.79 Å². The zero-order valence-corrected chi connectivity index (χ0v) is 83.6. The Hall–Kier alpha value is -10.0. The minimum Gasteiger partial charge on any atom is -0.467 e. The molecule has 10 atom stereocenters. The lowest BCUT2D eigenvalue weighted by molar-refractivity contribution is -0.146. The van der Waals surface area contributed by atoms with Gasteiger partial charge in [0.05, 0.1) is 117 Å². The molecule has 21 rings (SSSR count). The van der Waals surface area contributed by atoms with Crippen LogP contribution in [0.1, 0.15) is 145 Å². The molecule has 5 aromatic carbocycles. The number of aliphatic hydroxyl groups is 1. The SMILES string of the molecule is C=CCN1C(=O)c2sc(N3CCOCC3)cc2[C@@H](c2ccc(Cl)c(Cl)c2)[C@@H]1C(=O)OC.CC(C)NC(=O)[C@@H]1NC(=O)c2sc(N3CCOCC3)cc2[C@H]1c1ccc(Cl)cc1.CN1CC(c2ccc(Cl)cc2)c2cc(-c3ccncc3)sc2C1=O.O=C1NCCC(c2ccc(Cl)cc2)c2cc(N3CCO[C@H](CO)C3)sc21.O=C1NCCC(c2ccc3ccncc3c2)C2N=C(N3CCOCC3)SC12. The Kier molecular flexibility index (Phi) is 32.4. The van der Waals surface area contributed by atoms with Crippen LogP contribution >= 0.6 is 115 Å². The van der Waals surface area contributed by atoms with E-state index in [0.29, 0.717) is 89.1 Å². The number of hydrogen-bond acceptors (Lipinski definition) is 25. The monoisotopic (exact) mass is 2040 g/mol. The third-order valence-electron chi connectivity index (χ3n) is 25.7. The molecule has 5 fully saturated rings. The van der Waals surface area contributed by atoms with Gasteiger partial charge in [0.25, 0.3) is 23.6 Å². The Bertz CT molecular complexity index is 6230. The predicted octanol–water partition coefficient (Wildman–Crippen LogP) is 16.8. The lowest BCUT2D eigenvalue weighted by atomic mass is 9.81. The van der Waals surface area contributed by atoms with Gasteiger partial charge >= 0.3 is 5.97 Å². The number of nitrogens with one attached hydrogen (secondary N) is 4. The van der Waals surface area contributed by atoms with Crippen molar-refractivity contribution in [3.63, 3.8) is 0 Å². The van der Waals surface area contributed by atoms with Crippen molar-refractivity contribution in [2.75, 3.05) is 160 Å². The summed E-state index contributed by atoms with van der Waals surface area (Å²) in [6.07, 6.45) is 10.5. The lowest BCUT2D eigenvalue weighted by Crippen LogP contribution is -2.54. The number of pyridine rings is 2. The number of aliphatic hydroxyl groups excluding tert-OH is 1. The van der Waals surface area contributed by atoms with Crippen molar-refractivity contribution in [1.82, 2.24) is 45.9 Å². The normalized spacial score (nSPS) is 22.4. The van der Waals surface area contributed by atoms with E-state index in [0.717, 1.165) is 156 Å². The van der Waals surface area contributed by atoms with Crippen LogP contribution in [-0.4, -0.2) is 257 Å². The molecule has 11 aromatic rings. The molecule has 10 aliphatic heterocycles. The minimum atomic E-state index is -0.840. The maximum Gasteiger partial charge on any atom is 0.329 e. The van der Waals surface area contributed by atoms with E-state index in [-0.39, 0.29) is 95.7 Å². The summed E-state index contributed by atoms with van der Waals surface area (Å²) in [7, 11) is 3.19. The molecule has 5 N–H and O–H groups in total. The molecule has 0 spiro atoms. The van der Waals surface area contributed by atoms with E-state index >= 15 is 0 Å². The number of thiophene rings is 4. The molecule has 0 radical (unpaired) electrons. The summed E-state index contributed by atoms with van der Waals surface area (Å²) in [5.74, 6) is -1.01. The smallest absolute Gasteiger partial charge is 0.329 e. The Morgan fingerprint density at radius 3 is 1.74 bits per heavy atom. The van der Waals surface area contributed by atoms with Gasteiger partial charge in [0.1, 0.15) is 17.3 Å². The molecule has 16 heterocycles. The van der Waals surface area contributed by atoms with Crippen LogP contribution in [-0.2, 0) is 38.1 Å². The summed E-state index contributed by atoms with van der Waals surface area (Å²) in [5.41, 5.74) is 10.3. The largest absolute Gasteiger partial charge is 0.467 e. The molecule has 36 heteroatoms. The predicted molar refractivity (Wildman–Crippen MR) is 546 cm³/mol. The number of thioether (sulfide) groups is 1. The second-order valence-electron chi connectivity index (χ2n) is 34.7. The van der Waals surface area contributed by atoms with Gasteiger partial charge in [0, 0.05) is 171 Å². The van der Waals surface area contributed by atoms with Crippen LogP contribution in [0.25, 0.3) is 21.2 Å². The summed E-state index contributed by atoms with van der Waals surface area (Å²) in [6, 6.07) is 47.9. The third kappa shape index (κ3) is 22.4. The fraction of sp³-hybridized carbons (Fsp3) is 0.366. The number of morpholine rings is 4. The van der Waals surface area contributed by atoms with Crippen LogP contribution in [0.4, 0.5) is 15.0 Å². The number of hydrogen-bond donors (Lipinski definition) is 5. The minimum absolute atomic E-state index is 0.000295. The van der Waals surface area contributed by atoms with Gasteiger partial charge in [-0.2, -0.15) is 0 Å². The topological polar surface area (TPSA) is 292 Å². The number of aromatic nitrogens is 2. The van der Waals surface area contributed by atoms with Crippen molar-refractivity contribution in [1.29, 1.82) is 0 Å². The van der Waals surface area contributed by atoms with Crippen LogP contribution in [0.5, 0.6) is 0 Å². The molecule has 137 heavy (non-hydrogen) atoms. The van der Waals surface area contributed by atoms with E-state index in [1.807, 2.05) is 136 Å². The van der Waals surface area contributed by atoms with Gasteiger partial charge in [-0.15, -0.1) is 51.9 Å². The number of amidine groups is 1. The molecule has 5 saturated heterocycles. The number of benzene rings is 5. The Morgan fingerprint density at radius 1 is 0.562 bits per heavy atom. The van der Waals surface area contributed by atoms with Crippen molar-refractivity contribution in [3.05, 3.63) is 284 Å². The fourth-order valence-corrected chi connectivity index (χ4v) is 25.6. The Morgan fingerprint density at radius 2 is 1.12 bits per heavy atom. The maximum atomic E-state index is 13.4. The first-order chi connectivity index (χ1) is 66.5. The summed E-state index contributed by atoms with van der Waals surface area (Å²) in [5, 5.41) is 30.5. The summed E-state index contributed by atoms with van der Waals surface area (Å²) in [4.78, 5) is 120. The summed E-state index contributed by atoms with van der Waals surface area (Å²) >= 11 is 38.2. The highest BCUT2D eigenvalue weighted by molar-refractivity contribution is 8.15. The zero-order valence-electron chi connectivity index (χ0n) is 75.7. The van der Waals surface area contributed by atoms with E-state index in [2.05, 4.69) is 93.8 Å². The first-order valence-corrected chi connectivity index (χ1v) is 51.6. The van der Waals surface area contributed by atoms with Gasteiger partial charge in [-0.1, -0.05) is 130 Å². The van der Waals surface area contributed by atoms with E-state index in [1.165, 1.54) is 68.1 Å². The first-order valence-electron chi connectivity index (χ1n) is 45.6. The number of carbonyl (C=O) groups is 7. The van der Waals surface area contributed by atoms with Gasteiger partial charge < -0.3 is 79.5 Å². The zero-order chi connectivity index (χ0) is 95.7. The number of nitrogens with zero attached hydrogens (tertiary/aromatic N) is 9. The van der Waals surface area contributed by atoms with Crippen LogP contribution in [0.15, 0.2) is 194 Å². The number of halogens is 5. The van der Waals surface area contributed by atoms with Crippen molar-refractivity contribution >= 4 is 187 Å². The van der Waals surface area contributed by atoms with Crippen LogP contribution in [0.2, 0.25) is 25.1 Å². The van der Waals surface area contributed by atoms with E-state index in [1.54, 1.807) is 58.6 Å². The molecular formula is C101H104Cl5N13O13S5. The molecule has 0 saturated carbocycles. The molecule has 6 aromatic heterocycles. The van der Waals surface area contributed by atoms with Crippen molar-refractivity contribution in [2.24, 2.45) is 4.99 Å². The summed E-state index contributed by atoms with van der Waals surface area (Å²) < 4.78 is 27.0. The highest BCUT2D eigenvalue weighted by Gasteiger charge is 2.49. The van der Waals surface area contributed by atoms with E-state index in [9.17, 15) is 38.7 Å². The molecular weight excluding hydrogens is 1940 g/mol. The van der Waals surface area contributed by atoms with E-state index < -0.39 is 24.0 Å². The summed E-state index contributed by atoms with van der Waals surface area (Å²) in [6.45, 7) is 20.7. The van der Waals surface area contributed by atoms with Crippen molar-refractivity contribution < 1.29 is 62.4 Å². The molecule has 26 nitrogen and oxygen atoms in total. The third-order valence-corrected chi connectivity index (χ3v) is 33.3. The molecule has 6 amide bonds. The number of carbonyl (C=O) groups excluding carboxylic acids is 7. The van der Waals surface area contributed by atoms with Crippen molar-refractivity contribution in [2.45, 2.75) is 91.8 Å². The fourth-order valence-electron chi connectivity index (χ4n) is 18.8. The molecule has 0 bridgehead atoms. The molecule has 0 aliphatic carbocycles. The van der Waals surface area contributed by atoms with Gasteiger partial charge in [-0.05, 0) is 185 Å². The first kappa shape index (κ1) is 98.6. The highest BCUT2D eigenvalue weighted by atomic mass is 35.5. The average molecular weight is 2050 g/mol. The van der Waals surface area contributed by atoms with Crippen molar-refractivity contribution in [3.8, 4) is 10.4 Å². The molecule has 716 valence electrons. The quantitative estimate of drug-likeness (QED) is 0.0471. The van der Waals surface area contributed by atoms with Gasteiger partial charge in [0.2, 0.25) is 11.8 Å². The molecule has 10 aliphatic rings.